The lowest BCUT2D eigenvalue weighted by atomic mass is 9.89. The molecule has 4 nitrogen and oxygen atoms in total. The number of fused-ring (bicyclic) bond motifs is 3. The first-order valence-electron chi connectivity index (χ1n) is 6.54. The molecule has 2 aliphatic rings. The molecule has 1 unspecified atom stereocenters. The molecule has 3 rings (SSSR count). The van der Waals surface area contributed by atoms with Gasteiger partial charge in [-0.2, -0.15) is 0 Å². The minimum Gasteiger partial charge on any atom is -0.493 e. The summed E-state index contributed by atoms with van der Waals surface area (Å²) in [5, 5.41) is 4.14. The van der Waals surface area contributed by atoms with Crippen molar-refractivity contribution in [3.8, 4) is 11.5 Å². The van der Waals surface area contributed by atoms with Crippen molar-refractivity contribution in [2.24, 2.45) is 0 Å². The molecule has 0 aliphatic carbocycles. The Balaban J connectivity index is 2.04. The molecule has 102 valence electrons. The summed E-state index contributed by atoms with van der Waals surface area (Å²) in [6.07, 6.45) is 2.07. The molecule has 2 aliphatic heterocycles. The Morgan fingerprint density at radius 2 is 2.00 bits per heavy atom. The number of thiocarbonyl (C=S) groups is 1. The van der Waals surface area contributed by atoms with Gasteiger partial charge in [-0.3, -0.25) is 0 Å². The van der Waals surface area contributed by atoms with Gasteiger partial charge in [0, 0.05) is 13.1 Å². The molecule has 0 saturated carbocycles. The highest BCUT2D eigenvalue weighted by molar-refractivity contribution is 7.80. The van der Waals surface area contributed by atoms with Crippen molar-refractivity contribution in [2.75, 3.05) is 27.3 Å². The maximum Gasteiger partial charge on any atom is 0.169 e. The molecule has 0 bridgehead atoms. The van der Waals surface area contributed by atoms with Crippen molar-refractivity contribution in [3.63, 3.8) is 0 Å². The fourth-order valence-corrected chi connectivity index (χ4v) is 3.32. The van der Waals surface area contributed by atoms with Crippen LogP contribution in [0.5, 0.6) is 11.5 Å². The third-order valence-electron chi connectivity index (χ3n) is 3.96. The van der Waals surface area contributed by atoms with E-state index in [1.54, 1.807) is 14.2 Å². The summed E-state index contributed by atoms with van der Waals surface area (Å²) in [5.74, 6) is 1.61. The number of hydrogen-bond donors (Lipinski definition) is 1. The lowest BCUT2D eigenvalue weighted by Gasteiger charge is -2.42. The van der Waals surface area contributed by atoms with Crippen LogP contribution < -0.4 is 14.8 Å². The van der Waals surface area contributed by atoms with Gasteiger partial charge in [0.2, 0.25) is 0 Å². The zero-order valence-electron chi connectivity index (χ0n) is 11.2. The molecule has 0 spiro atoms. The molecule has 1 fully saturated rings. The molecule has 2 heterocycles. The van der Waals surface area contributed by atoms with Crippen molar-refractivity contribution < 1.29 is 9.47 Å². The Bertz CT molecular complexity index is 518. The van der Waals surface area contributed by atoms with E-state index in [9.17, 15) is 0 Å². The summed E-state index contributed by atoms with van der Waals surface area (Å²) >= 11 is 5.40. The number of ether oxygens (including phenoxy) is 2. The van der Waals surface area contributed by atoms with E-state index in [1.807, 2.05) is 0 Å². The minimum atomic E-state index is 0.373. The van der Waals surface area contributed by atoms with E-state index in [0.29, 0.717) is 6.04 Å². The van der Waals surface area contributed by atoms with E-state index >= 15 is 0 Å². The van der Waals surface area contributed by atoms with Crippen molar-refractivity contribution >= 4 is 17.3 Å². The molecule has 1 aromatic carbocycles. The minimum absolute atomic E-state index is 0.373. The fraction of sp³-hybridized carbons (Fsp3) is 0.500. The second kappa shape index (κ2) is 4.89. The summed E-state index contributed by atoms with van der Waals surface area (Å²) in [6, 6.07) is 4.59. The van der Waals surface area contributed by atoms with E-state index in [1.165, 1.54) is 11.1 Å². The zero-order valence-corrected chi connectivity index (χ0v) is 12.0. The molecule has 1 saturated heterocycles. The number of nitrogens with one attached hydrogen (secondary N) is 1. The van der Waals surface area contributed by atoms with Crippen LogP contribution in [0.1, 0.15) is 23.6 Å². The van der Waals surface area contributed by atoms with Crippen LogP contribution in [0.25, 0.3) is 0 Å². The lowest BCUT2D eigenvalue weighted by Crippen LogP contribution is -2.50. The zero-order chi connectivity index (χ0) is 13.4. The molecular formula is C14H18N2O2S. The smallest absolute Gasteiger partial charge is 0.169 e. The second-order valence-corrected chi connectivity index (χ2v) is 5.27. The first-order chi connectivity index (χ1) is 9.24. The first kappa shape index (κ1) is 12.5. The Kier molecular flexibility index (Phi) is 3.22. The first-order valence-corrected chi connectivity index (χ1v) is 6.94. The van der Waals surface area contributed by atoms with Gasteiger partial charge >= 0.3 is 0 Å². The molecule has 0 aromatic heterocycles. The van der Waals surface area contributed by atoms with Crippen LogP contribution in [0, 0.1) is 0 Å². The van der Waals surface area contributed by atoms with Crippen LogP contribution in [0.4, 0.5) is 0 Å². The van der Waals surface area contributed by atoms with Gasteiger partial charge in [0.15, 0.2) is 16.6 Å². The Labute approximate surface area is 118 Å². The fourth-order valence-electron chi connectivity index (χ4n) is 3.00. The standard InChI is InChI=1S/C14H18N2O2S/c1-17-12-7-9-4-6-16-11(3-5-15-14(16)19)10(9)8-13(12)18-2/h7-8,11H,3-6H2,1-2H3,(H,15,19). The molecule has 19 heavy (non-hydrogen) atoms. The van der Waals surface area contributed by atoms with E-state index < -0.39 is 0 Å². The number of nitrogens with zero attached hydrogens (tertiary/aromatic N) is 1. The van der Waals surface area contributed by atoms with Crippen molar-refractivity contribution in [1.82, 2.24) is 10.2 Å². The maximum absolute atomic E-state index is 5.42. The Morgan fingerprint density at radius 1 is 1.26 bits per heavy atom. The van der Waals surface area contributed by atoms with Gasteiger partial charge in [-0.15, -0.1) is 0 Å². The number of benzene rings is 1. The van der Waals surface area contributed by atoms with Gasteiger partial charge in [-0.05, 0) is 48.3 Å². The third-order valence-corrected chi connectivity index (χ3v) is 4.34. The highest BCUT2D eigenvalue weighted by atomic mass is 32.1. The van der Waals surface area contributed by atoms with Crippen molar-refractivity contribution in [2.45, 2.75) is 18.9 Å². The maximum atomic E-state index is 5.42. The Hall–Kier alpha value is -1.49. The van der Waals surface area contributed by atoms with E-state index in [0.717, 1.165) is 42.5 Å². The highest BCUT2D eigenvalue weighted by Crippen LogP contribution is 2.40. The molecular weight excluding hydrogens is 260 g/mol. The summed E-state index contributed by atoms with van der Waals surface area (Å²) in [7, 11) is 3.36. The van der Waals surface area contributed by atoms with Gasteiger partial charge in [0.05, 0.1) is 20.3 Å². The van der Waals surface area contributed by atoms with E-state index in [2.05, 4.69) is 22.3 Å². The van der Waals surface area contributed by atoms with E-state index in [4.69, 9.17) is 21.7 Å². The normalized spacial score (nSPS) is 21.3. The van der Waals surface area contributed by atoms with Gasteiger partial charge in [-0.25, -0.2) is 0 Å². The lowest BCUT2D eigenvalue weighted by molar-refractivity contribution is 0.256. The molecule has 1 N–H and O–H groups in total. The van der Waals surface area contributed by atoms with Gasteiger partial charge in [-0.1, -0.05) is 0 Å². The van der Waals surface area contributed by atoms with Crippen molar-refractivity contribution in [1.29, 1.82) is 0 Å². The summed E-state index contributed by atoms with van der Waals surface area (Å²) in [6.45, 7) is 1.91. The topological polar surface area (TPSA) is 33.7 Å². The van der Waals surface area contributed by atoms with Crippen LogP contribution in [-0.4, -0.2) is 37.3 Å². The van der Waals surface area contributed by atoms with Gasteiger partial charge in [0.25, 0.3) is 0 Å². The van der Waals surface area contributed by atoms with Gasteiger partial charge in [0.1, 0.15) is 0 Å². The van der Waals surface area contributed by atoms with Crippen LogP contribution in [0.3, 0.4) is 0 Å². The average Bonchev–Trinajstić information content (AvgIpc) is 2.45. The SMILES string of the molecule is COc1cc2c(cc1OC)C1CCNC(=S)N1CC2. The largest absolute Gasteiger partial charge is 0.493 e. The Morgan fingerprint density at radius 3 is 2.74 bits per heavy atom. The highest BCUT2D eigenvalue weighted by Gasteiger charge is 2.32. The number of hydrogen-bond acceptors (Lipinski definition) is 3. The van der Waals surface area contributed by atoms with Crippen LogP contribution in [0.2, 0.25) is 0 Å². The van der Waals surface area contributed by atoms with Crippen LogP contribution in [0.15, 0.2) is 12.1 Å². The van der Waals surface area contributed by atoms with Crippen LogP contribution in [-0.2, 0) is 6.42 Å². The number of rotatable bonds is 2. The quantitative estimate of drug-likeness (QED) is 0.836. The molecule has 0 amide bonds. The summed E-state index contributed by atoms with van der Waals surface area (Å²) in [4.78, 5) is 2.28. The molecule has 0 radical (unpaired) electrons. The predicted octanol–water partition coefficient (Wildman–Crippen LogP) is 1.88. The monoisotopic (exact) mass is 278 g/mol. The summed E-state index contributed by atoms with van der Waals surface area (Å²) in [5.41, 5.74) is 2.68. The molecule has 5 heteroatoms. The molecule has 1 aromatic rings. The molecule has 1 atom stereocenters. The summed E-state index contributed by atoms with van der Waals surface area (Å²) < 4.78 is 10.8. The number of methoxy groups -OCH3 is 2. The second-order valence-electron chi connectivity index (χ2n) is 4.89. The van der Waals surface area contributed by atoms with E-state index in [-0.39, 0.29) is 0 Å². The predicted molar refractivity (Wildman–Crippen MR) is 77.9 cm³/mol. The average molecular weight is 278 g/mol. The van der Waals surface area contributed by atoms with Gasteiger partial charge < -0.3 is 19.7 Å². The third kappa shape index (κ3) is 2.02. The van der Waals surface area contributed by atoms with Crippen molar-refractivity contribution in [3.05, 3.63) is 23.3 Å². The van der Waals surface area contributed by atoms with Crippen LogP contribution >= 0.6 is 12.2 Å².